The van der Waals surface area contributed by atoms with Gasteiger partial charge in [0, 0.05) is 28.8 Å². The first-order valence-corrected chi connectivity index (χ1v) is 11.9. The van der Waals surface area contributed by atoms with Crippen LogP contribution in [0.25, 0.3) is 11.3 Å². The Morgan fingerprint density at radius 1 is 1.08 bits per heavy atom. The van der Waals surface area contributed by atoms with E-state index >= 15 is 0 Å². The van der Waals surface area contributed by atoms with Crippen molar-refractivity contribution in [2.24, 2.45) is 0 Å². The van der Waals surface area contributed by atoms with Gasteiger partial charge in [0.15, 0.2) is 5.76 Å². The van der Waals surface area contributed by atoms with E-state index in [1.807, 2.05) is 36.4 Å². The maximum Gasteiger partial charge on any atom is 0.412 e. The highest BCUT2D eigenvalue weighted by atomic mass is 35.5. The molecule has 0 aliphatic heterocycles. The molecule has 37 heavy (non-hydrogen) atoms. The third kappa shape index (κ3) is 6.45. The Morgan fingerprint density at radius 3 is 2.49 bits per heavy atom. The molecule has 4 rings (SSSR count). The zero-order valence-electron chi connectivity index (χ0n) is 20.1. The van der Waals surface area contributed by atoms with Gasteiger partial charge in [-0.1, -0.05) is 65.3 Å². The quantitative estimate of drug-likeness (QED) is 0.241. The molecule has 2 aromatic carbocycles. The van der Waals surface area contributed by atoms with E-state index in [0.29, 0.717) is 39.8 Å². The second-order valence-corrected chi connectivity index (χ2v) is 8.73. The largest absolute Gasteiger partial charge is 0.480 e. The van der Waals surface area contributed by atoms with Crippen LogP contribution >= 0.6 is 11.6 Å². The van der Waals surface area contributed by atoms with Crippen LogP contribution in [0.15, 0.2) is 77.4 Å². The monoisotopic (exact) mass is 520 g/mol. The number of rotatable bonds is 9. The van der Waals surface area contributed by atoms with Crippen molar-refractivity contribution in [3.05, 3.63) is 94.8 Å². The van der Waals surface area contributed by atoms with Gasteiger partial charge in [-0.05, 0) is 37.6 Å². The second-order valence-electron chi connectivity index (χ2n) is 8.32. The number of hydrogen-bond donors (Lipinski definition) is 3. The molecule has 0 aliphatic carbocycles. The van der Waals surface area contributed by atoms with E-state index in [9.17, 15) is 14.7 Å². The Hall–Kier alpha value is -4.37. The summed E-state index contributed by atoms with van der Waals surface area (Å²) in [4.78, 5) is 28.7. The van der Waals surface area contributed by atoms with Crippen molar-refractivity contribution in [3.63, 3.8) is 0 Å². The topological polar surface area (TPSA) is 127 Å². The summed E-state index contributed by atoms with van der Waals surface area (Å²) < 4.78 is 10.9. The number of aliphatic carboxylic acids is 1. The summed E-state index contributed by atoms with van der Waals surface area (Å²) in [6, 6.07) is 18.9. The normalized spacial score (nSPS) is 12.4. The fraction of sp³-hybridized carbons (Fsp3) is 0.185. The highest BCUT2D eigenvalue weighted by Crippen LogP contribution is 2.32. The highest BCUT2D eigenvalue weighted by Gasteiger charge is 2.22. The number of ether oxygens (including phenoxy) is 1. The maximum absolute atomic E-state index is 12.6. The minimum atomic E-state index is -0.989. The molecule has 0 aliphatic rings. The molecule has 0 fully saturated rings. The first kappa shape index (κ1) is 25.7. The summed E-state index contributed by atoms with van der Waals surface area (Å²) >= 11 is 6.20. The van der Waals surface area contributed by atoms with Crippen molar-refractivity contribution >= 4 is 35.2 Å². The lowest BCUT2D eigenvalue weighted by Crippen LogP contribution is -2.31. The first-order valence-electron chi connectivity index (χ1n) is 11.5. The van der Waals surface area contributed by atoms with E-state index in [1.165, 1.54) is 6.20 Å². The van der Waals surface area contributed by atoms with E-state index in [4.69, 9.17) is 20.9 Å². The number of anilines is 2. The number of benzene rings is 2. The van der Waals surface area contributed by atoms with Gasteiger partial charge in [-0.15, -0.1) is 0 Å². The van der Waals surface area contributed by atoms with Crippen LogP contribution in [0.3, 0.4) is 0 Å². The van der Waals surface area contributed by atoms with E-state index in [-0.39, 0.29) is 5.76 Å². The Balaban J connectivity index is 1.45. The van der Waals surface area contributed by atoms with E-state index in [0.717, 1.165) is 5.56 Å². The number of amides is 1. The molecule has 3 N–H and O–H groups in total. The van der Waals surface area contributed by atoms with Crippen molar-refractivity contribution in [2.45, 2.75) is 32.4 Å². The fourth-order valence-corrected chi connectivity index (χ4v) is 4.01. The molecule has 190 valence electrons. The molecule has 0 radical (unpaired) electrons. The molecule has 2 aromatic heterocycles. The van der Waals surface area contributed by atoms with Crippen LogP contribution in [-0.4, -0.2) is 33.4 Å². The minimum Gasteiger partial charge on any atom is -0.480 e. The van der Waals surface area contributed by atoms with Gasteiger partial charge in [0.25, 0.3) is 0 Å². The number of halogens is 1. The highest BCUT2D eigenvalue weighted by molar-refractivity contribution is 6.31. The molecular formula is C27H25ClN4O5. The molecule has 10 heteroatoms. The predicted octanol–water partition coefficient (Wildman–Crippen LogP) is 6.12. The lowest BCUT2D eigenvalue weighted by molar-refractivity contribution is -0.137. The number of hydrogen-bond acceptors (Lipinski definition) is 7. The average Bonchev–Trinajstić information content (AvgIpc) is 3.24. The summed E-state index contributed by atoms with van der Waals surface area (Å²) in [6.45, 7) is 3.41. The lowest BCUT2D eigenvalue weighted by atomic mass is 10.1. The number of aryl methyl sites for hydroxylation is 1. The summed E-state index contributed by atoms with van der Waals surface area (Å²) in [5.41, 5.74) is 2.90. The molecule has 0 spiro atoms. The Labute approximate surface area is 218 Å². The molecule has 2 atom stereocenters. The van der Waals surface area contributed by atoms with Gasteiger partial charge in [-0.25, -0.2) is 14.6 Å². The van der Waals surface area contributed by atoms with Crippen LogP contribution in [0.5, 0.6) is 0 Å². The van der Waals surface area contributed by atoms with Gasteiger partial charge in [0.05, 0.1) is 0 Å². The number of nitrogens with zero attached hydrogens (tertiary/aromatic N) is 2. The van der Waals surface area contributed by atoms with Crippen LogP contribution in [-0.2, 0) is 16.0 Å². The molecule has 0 saturated heterocycles. The van der Waals surface area contributed by atoms with Gasteiger partial charge >= 0.3 is 12.1 Å². The standard InChI is InChI=1S/C27H25ClN4O5/c1-16-24(31-27(35)36-17(2)20-10-6-7-11-21(20)28)25(37-32-16)19-12-13-23(29-15-19)30-22(26(33)34)14-18-8-4-3-5-9-18/h3-13,15,17,22H,14H2,1-2H3,(H,29,30)(H,31,35)(H,33,34). The van der Waals surface area contributed by atoms with Crippen molar-refractivity contribution < 1.29 is 24.0 Å². The smallest absolute Gasteiger partial charge is 0.412 e. The van der Waals surface area contributed by atoms with Gasteiger partial charge in [0.2, 0.25) is 0 Å². The molecule has 4 aromatic rings. The van der Waals surface area contributed by atoms with Crippen molar-refractivity contribution in [1.29, 1.82) is 0 Å². The van der Waals surface area contributed by atoms with Crippen molar-refractivity contribution in [2.75, 3.05) is 10.6 Å². The number of carboxylic acid groups (broad SMARTS) is 1. The Bertz CT molecular complexity index is 1380. The number of carbonyl (C=O) groups excluding carboxylic acids is 1. The molecular weight excluding hydrogens is 496 g/mol. The van der Waals surface area contributed by atoms with Crippen molar-refractivity contribution in [3.8, 4) is 11.3 Å². The van der Waals surface area contributed by atoms with Crippen LogP contribution < -0.4 is 10.6 Å². The van der Waals surface area contributed by atoms with Crippen molar-refractivity contribution in [1.82, 2.24) is 10.1 Å². The zero-order chi connectivity index (χ0) is 26.4. The molecule has 0 bridgehead atoms. The average molecular weight is 521 g/mol. The lowest BCUT2D eigenvalue weighted by Gasteiger charge is -2.16. The number of aromatic nitrogens is 2. The molecule has 1 amide bonds. The number of carboxylic acids is 1. The predicted molar refractivity (Wildman–Crippen MR) is 140 cm³/mol. The molecule has 9 nitrogen and oxygen atoms in total. The number of nitrogens with one attached hydrogen (secondary N) is 2. The van der Waals surface area contributed by atoms with Gasteiger partial charge in [-0.2, -0.15) is 0 Å². The number of carbonyl (C=O) groups is 2. The summed E-state index contributed by atoms with van der Waals surface area (Å²) in [6.07, 6.45) is 0.523. The SMILES string of the molecule is Cc1noc(-c2ccc(NC(Cc3ccccc3)C(=O)O)nc2)c1NC(=O)OC(C)c1ccccc1Cl. The summed E-state index contributed by atoms with van der Waals surface area (Å²) in [5.74, 6) is -0.319. The first-order chi connectivity index (χ1) is 17.8. The van der Waals surface area contributed by atoms with E-state index in [1.54, 1.807) is 44.2 Å². The van der Waals surface area contributed by atoms with Crippen LogP contribution in [0.1, 0.15) is 29.8 Å². The zero-order valence-corrected chi connectivity index (χ0v) is 20.9. The van der Waals surface area contributed by atoms with Gasteiger partial charge < -0.3 is 19.7 Å². The van der Waals surface area contributed by atoms with Crippen LogP contribution in [0, 0.1) is 6.92 Å². The third-order valence-electron chi connectivity index (χ3n) is 5.65. The number of pyridine rings is 1. The minimum absolute atomic E-state index is 0.290. The van der Waals surface area contributed by atoms with Crippen LogP contribution in [0.4, 0.5) is 16.3 Å². The van der Waals surface area contributed by atoms with Gasteiger partial charge in [-0.3, -0.25) is 5.32 Å². The molecule has 2 heterocycles. The third-order valence-corrected chi connectivity index (χ3v) is 5.99. The Morgan fingerprint density at radius 2 is 1.81 bits per heavy atom. The maximum atomic E-state index is 12.6. The second kappa shape index (κ2) is 11.6. The molecule has 2 unspecified atom stereocenters. The van der Waals surface area contributed by atoms with E-state index < -0.39 is 24.2 Å². The summed E-state index contributed by atoms with van der Waals surface area (Å²) in [5, 5.41) is 19.7. The molecule has 0 saturated carbocycles. The fourth-order valence-electron chi connectivity index (χ4n) is 3.72. The van der Waals surface area contributed by atoms with Gasteiger partial charge in [0.1, 0.15) is 29.3 Å². The van der Waals surface area contributed by atoms with E-state index in [2.05, 4.69) is 20.8 Å². The Kier molecular flexibility index (Phi) is 8.05. The summed E-state index contributed by atoms with van der Waals surface area (Å²) in [7, 11) is 0. The van der Waals surface area contributed by atoms with Crippen LogP contribution in [0.2, 0.25) is 5.02 Å².